The van der Waals surface area contributed by atoms with Crippen LogP contribution in [-0.4, -0.2) is 54.5 Å². The second-order valence-corrected chi connectivity index (χ2v) is 7.45. The third-order valence-corrected chi connectivity index (χ3v) is 4.51. The van der Waals surface area contributed by atoms with Gasteiger partial charge < -0.3 is 14.2 Å². The topological polar surface area (TPSA) is 65.1 Å². The predicted molar refractivity (Wildman–Crippen MR) is 85.1 cm³/mol. The minimum atomic E-state index is -0.959. The highest BCUT2D eigenvalue weighted by Crippen LogP contribution is 2.38. The summed E-state index contributed by atoms with van der Waals surface area (Å²) < 4.78 is 16.3. The average Bonchev–Trinajstić information content (AvgIpc) is 2.90. The number of carbonyl (C=O) groups excluding carboxylic acids is 2. The molecule has 0 spiro atoms. The predicted octanol–water partition coefficient (Wildman–Crippen LogP) is 2.89. The van der Waals surface area contributed by atoms with Crippen LogP contribution < -0.4 is 0 Å². The van der Waals surface area contributed by atoms with Crippen molar-refractivity contribution in [2.24, 2.45) is 0 Å². The summed E-state index contributed by atoms with van der Waals surface area (Å²) in [4.78, 5) is 26.7. The quantitative estimate of drug-likeness (QED) is 0.746. The summed E-state index contributed by atoms with van der Waals surface area (Å²) in [6, 6.07) is 0. The SMILES string of the molecule is COC(=O)C1(CC2CCCCO2)CCCN1C(=O)OC(C)(C)C. The molecular weight excluding hydrogens is 298 g/mol. The van der Waals surface area contributed by atoms with Gasteiger partial charge in [0.25, 0.3) is 0 Å². The molecule has 0 aromatic carbocycles. The molecule has 2 unspecified atom stereocenters. The summed E-state index contributed by atoms with van der Waals surface area (Å²) in [5, 5.41) is 0. The Morgan fingerprint density at radius 3 is 2.57 bits per heavy atom. The largest absolute Gasteiger partial charge is 0.467 e. The lowest BCUT2D eigenvalue weighted by Crippen LogP contribution is -2.56. The van der Waals surface area contributed by atoms with Crippen molar-refractivity contribution in [2.75, 3.05) is 20.3 Å². The monoisotopic (exact) mass is 327 g/mol. The summed E-state index contributed by atoms with van der Waals surface area (Å²) >= 11 is 0. The molecule has 0 saturated carbocycles. The molecule has 132 valence electrons. The highest BCUT2D eigenvalue weighted by molar-refractivity contribution is 5.86. The minimum absolute atomic E-state index is 0.00844. The van der Waals surface area contributed by atoms with Gasteiger partial charge in [-0.05, 0) is 52.9 Å². The summed E-state index contributed by atoms with van der Waals surface area (Å²) in [6.45, 7) is 6.70. The van der Waals surface area contributed by atoms with Crippen LogP contribution in [0.5, 0.6) is 0 Å². The van der Waals surface area contributed by atoms with E-state index in [1.165, 1.54) is 7.11 Å². The number of likely N-dealkylation sites (tertiary alicyclic amines) is 1. The molecule has 2 rings (SSSR count). The van der Waals surface area contributed by atoms with E-state index >= 15 is 0 Å². The van der Waals surface area contributed by atoms with Gasteiger partial charge in [0, 0.05) is 19.6 Å². The van der Waals surface area contributed by atoms with Gasteiger partial charge in [0.05, 0.1) is 13.2 Å². The molecule has 1 amide bonds. The number of hydrogen-bond donors (Lipinski definition) is 0. The van der Waals surface area contributed by atoms with Gasteiger partial charge in [-0.15, -0.1) is 0 Å². The summed E-state index contributed by atoms with van der Waals surface area (Å²) in [5.74, 6) is -0.366. The van der Waals surface area contributed by atoms with Gasteiger partial charge >= 0.3 is 12.1 Å². The van der Waals surface area contributed by atoms with Crippen molar-refractivity contribution in [3.05, 3.63) is 0 Å². The fourth-order valence-electron chi connectivity index (χ4n) is 3.50. The van der Waals surface area contributed by atoms with E-state index in [1.54, 1.807) is 4.90 Å². The number of nitrogens with zero attached hydrogens (tertiary/aromatic N) is 1. The van der Waals surface area contributed by atoms with E-state index in [0.717, 1.165) is 25.7 Å². The average molecular weight is 327 g/mol. The van der Waals surface area contributed by atoms with Gasteiger partial charge in [0.15, 0.2) is 0 Å². The number of rotatable bonds is 3. The van der Waals surface area contributed by atoms with Crippen LogP contribution in [0.15, 0.2) is 0 Å². The third kappa shape index (κ3) is 4.16. The van der Waals surface area contributed by atoms with E-state index in [2.05, 4.69) is 0 Å². The third-order valence-electron chi connectivity index (χ3n) is 4.51. The van der Waals surface area contributed by atoms with Crippen LogP contribution >= 0.6 is 0 Å². The fraction of sp³-hybridized carbons (Fsp3) is 0.882. The van der Waals surface area contributed by atoms with Crippen molar-refractivity contribution in [1.82, 2.24) is 4.90 Å². The molecule has 0 bridgehead atoms. The van der Waals surface area contributed by atoms with E-state index in [-0.39, 0.29) is 12.1 Å². The van der Waals surface area contributed by atoms with E-state index < -0.39 is 17.2 Å². The molecule has 0 aromatic heterocycles. The molecule has 2 atom stereocenters. The molecule has 0 N–H and O–H groups in total. The Morgan fingerprint density at radius 1 is 1.26 bits per heavy atom. The van der Waals surface area contributed by atoms with Crippen LogP contribution in [0.25, 0.3) is 0 Å². The van der Waals surface area contributed by atoms with Crippen molar-refractivity contribution >= 4 is 12.1 Å². The zero-order chi connectivity index (χ0) is 17.1. The molecule has 2 saturated heterocycles. The maximum absolute atomic E-state index is 12.6. The van der Waals surface area contributed by atoms with Crippen LogP contribution in [0, 0.1) is 0 Å². The Balaban J connectivity index is 2.20. The summed E-state index contributed by atoms with van der Waals surface area (Å²) in [6.07, 6.45) is 4.45. The van der Waals surface area contributed by atoms with Crippen molar-refractivity contribution < 1.29 is 23.8 Å². The standard InChI is InChI=1S/C17H29NO5/c1-16(2,3)23-15(20)18-10-7-9-17(18,14(19)21-4)12-13-8-5-6-11-22-13/h13H,5-12H2,1-4H3. The molecule has 6 heteroatoms. The van der Waals surface area contributed by atoms with Crippen LogP contribution in [0.1, 0.15) is 59.3 Å². The van der Waals surface area contributed by atoms with Crippen LogP contribution in [0.3, 0.4) is 0 Å². The number of esters is 1. The second kappa shape index (κ2) is 7.07. The lowest BCUT2D eigenvalue weighted by Gasteiger charge is -2.39. The van der Waals surface area contributed by atoms with Gasteiger partial charge in [0.2, 0.25) is 0 Å². The van der Waals surface area contributed by atoms with Crippen LogP contribution in [0.2, 0.25) is 0 Å². The Kier molecular flexibility index (Phi) is 5.55. The van der Waals surface area contributed by atoms with E-state index in [0.29, 0.717) is 26.0 Å². The molecular formula is C17H29NO5. The first-order valence-corrected chi connectivity index (χ1v) is 8.49. The van der Waals surface area contributed by atoms with E-state index in [1.807, 2.05) is 20.8 Å². The van der Waals surface area contributed by atoms with Crippen molar-refractivity contribution in [1.29, 1.82) is 0 Å². The smallest absolute Gasteiger partial charge is 0.411 e. The summed E-state index contributed by atoms with van der Waals surface area (Å²) in [5.41, 5.74) is -1.55. The Bertz CT molecular complexity index is 439. The molecule has 2 aliphatic rings. The zero-order valence-corrected chi connectivity index (χ0v) is 14.7. The Morgan fingerprint density at radius 2 is 2.00 bits per heavy atom. The molecule has 2 heterocycles. The first-order valence-electron chi connectivity index (χ1n) is 8.49. The fourth-order valence-corrected chi connectivity index (χ4v) is 3.50. The first-order chi connectivity index (χ1) is 10.8. The molecule has 6 nitrogen and oxygen atoms in total. The highest BCUT2D eigenvalue weighted by atomic mass is 16.6. The zero-order valence-electron chi connectivity index (χ0n) is 14.7. The number of hydrogen-bond acceptors (Lipinski definition) is 5. The first kappa shape index (κ1) is 18.0. The molecule has 2 aliphatic heterocycles. The Labute approximate surface area is 138 Å². The van der Waals surface area contributed by atoms with Gasteiger partial charge in [-0.25, -0.2) is 9.59 Å². The molecule has 0 aromatic rings. The molecule has 2 fully saturated rings. The number of ether oxygens (including phenoxy) is 3. The molecule has 0 radical (unpaired) electrons. The number of amides is 1. The maximum Gasteiger partial charge on any atom is 0.411 e. The number of methoxy groups -OCH3 is 1. The molecule has 0 aliphatic carbocycles. The van der Waals surface area contributed by atoms with Gasteiger partial charge in [-0.1, -0.05) is 0 Å². The maximum atomic E-state index is 12.6. The van der Waals surface area contributed by atoms with Gasteiger partial charge in [-0.3, -0.25) is 4.90 Å². The van der Waals surface area contributed by atoms with E-state index in [9.17, 15) is 9.59 Å². The normalized spacial score (nSPS) is 28.5. The lowest BCUT2D eigenvalue weighted by atomic mass is 9.87. The van der Waals surface area contributed by atoms with Crippen molar-refractivity contribution in [3.63, 3.8) is 0 Å². The Hall–Kier alpha value is -1.30. The van der Waals surface area contributed by atoms with E-state index in [4.69, 9.17) is 14.2 Å². The minimum Gasteiger partial charge on any atom is -0.467 e. The van der Waals surface area contributed by atoms with Crippen LogP contribution in [0.4, 0.5) is 4.79 Å². The van der Waals surface area contributed by atoms with Gasteiger partial charge in [-0.2, -0.15) is 0 Å². The molecule has 23 heavy (non-hydrogen) atoms. The summed E-state index contributed by atoms with van der Waals surface area (Å²) in [7, 11) is 1.37. The van der Waals surface area contributed by atoms with Crippen LogP contribution in [-0.2, 0) is 19.0 Å². The van der Waals surface area contributed by atoms with Crippen molar-refractivity contribution in [2.45, 2.75) is 76.5 Å². The van der Waals surface area contributed by atoms with Gasteiger partial charge in [0.1, 0.15) is 11.1 Å². The second-order valence-electron chi connectivity index (χ2n) is 7.45. The van der Waals surface area contributed by atoms with Crippen molar-refractivity contribution in [3.8, 4) is 0 Å². The lowest BCUT2D eigenvalue weighted by molar-refractivity contribution is -0.156. The highest BCUT2D eigenvalue weighted by Gasteiger charge is 2.53. The number of carbonyl (C=O) groups is 2.